The zero-order valence-corrected chi connectivity index (χ0v) is 10.7. The molecule has 1 unspecified atom stereocenters. The first-order valence-electron chi connectivity index (χ1n) is 6.12. The highest BCUT2D eigenvalue weighted by Gasteiger charge is 2.13. The van der Waals surface area contributed by atoms with E-state index >= 15 is 0 Å². The average Bonchev–Trinajstić information content (AvgIpc) is 2.37. The lowest BCUT2D eigenvalue weighted by Crippen LogP contribution is -2.22. The van der Waals surface area contributed by atoms with Crippen molar-refractivity contribution in [1.82, 2.24) is 10.3 Å². The molecule has 18 heavy (non-hydrogen) atoms. The average molecular weight is 244 g/mol. The number of hydrogen-bond acceptors (Lipinski definition) is 2. The molecule has 2 nitrogen and oxygen atoms in total. The molecule has 0 amide bonds. The molecule has 0 spiro atoms. The zero-order chi connectivity index (χ0) is 13.0. The second-order valence-electron chi connectivity index (χ2n) is 4.28. The highest BCUT2D eigenvalue weighted by atomic mass is 19.1. The number of benzene rings is 1. The van der Waals surface area contributed by atoms with E-state index in [1.807, 2.05) is 38.2 Å². The van der Waals surface area contributed by atoms with Crippen LogP contribution in [0.1, 0.15) is 29.8 Å². The van der Waals surface area contributed by atoms with E-state index in [9.17, 15) is 4.39 Å². The van der Waals surface area contributed by atoms with Crippen molar-refractivity contribution in [2.75, 3.05) is 6.54 Å². The van der Waals surface area contributed by atoms with Crippen molar-refractivity contribution in [2.45, 2.75) is 19.9 Å². The van der Waals surface area contributed by atoms with Gasteiger partial charge in [-0.25, -0.2) is 4.39 Å². The molecule has 0 fully saturated rings. The quantitative estimate of drug-likeness (QED) is 0.893. The fourth-order valence-corrected chi connectivity index (χ4v) is 1.97. The predicted octanol–water partition coefficient (Wildman–Crippen LogP) is 3.23. The van der Waals surface area contributed by atoms with Crippen LogP contribution < -0.4 is 5.32 Å². The molecule has 1 N–H and O–H groups in total. The number of nitrogens with zero attached hydrogens (tertiary/aromatic N) is 1. The minimum absolute atomic E-state index is 0.0150. The lowest BCUT2D eigenvalue weighted by atomic mass is 10.00. The Morgan fingerprint density at radius 1 is 1.22 bits per heavy atom. The number of halogens is 1. The molecule has 0 bridgehead atoms. The molecule has 2 aromatic rings. The maximum absolute atomic E-state index is 13.3. The summed E-state index contributed by atoms with van der Waals surface area (Å²) in [6.45, 7) is 4.80. The van der Waals surface area contributed by atoms with Gasteiger partial charge in [-0.3, -0.25) is 4.98 Å². The largest absolute Gasteiger partial charge is 0.306 e. The first-order valence-corrected chi connectivity index (χ1v) is 6.12. The molecule has 1 heterocycles. The van der Waals surface area contributed by atoms with Gasteiger partial charge in [0.05, 0.1) is 6.04 Å². The van der Waals surface area contributed by atoms with E-state index in [2.05, 4.69) is 10.3 Å². The van der Waals surface area contributed by atoms with Crippen molar-refractivity contribution < 1.29 is 4.39 Å². The Hall–Kier alpha value is -1.74. The van der Waals surface area contributed by atoms with Crippen LogP contribution in [0.15, 0.2) is 42.6 Å². The number of aryl methyl sites for hydroxylation is 1. The van der Waals surface area contributed by atoms with Crippen LogP contribution in [0.5, 0.6) is 0 Å². The summed E-state index contributed by atoms with van der Waals surface area (Å²) in [6, 6.07) is 10.7. The van der Waals surface area contributed by atoms with Gasteiger partial charge in [-0.2, -0.15) is 0 Å². The lowest BCUT2D eigenvalue weighted by Gasteiger charge is -2.18. The summed E-state index contributed by atoms with van der Waals surface area (Å²) in [5, 5.41) is 3.36. The van der Waals surface area contributed by atoms with Gasteiger partial charge in [-0.1, -0.05) is 25.1 Å². The fraction of sp³-hybridized carbons (Fsp3) is 0.267. The Balaban J connectivity index is 2.36. The van der Waals surface area contributed by atoms with Crippen LogP contribution in [-0.4, -0.2) is 11.5 Å². The van der Waals surface area contributed by atoms with Gasteiger partial charge in [0.25, 0.3) is 0 Å². The highest BCUT2D eigenvalue weighted by Crippen LogP contribution is 2.22. The molecule has 1 aromatic heterocycles. The monoisotopic (exact) mass is 244 g/mol. The van der Waals surface area contributed by atoms with E-state index in [0.717, 1.165) is 23.4 Å². The van der Waals surface area contributed by atoms with Crippen LogP contribution in [0.4, 0.5) is 4.39 Å². The summed E-state index contributed by atoms with van der Waals surface area (Å²) in [7, 11) is 0. The molecule has 94 valence electrons. The molecule has 1 aromatic carbocycles. The number of nitrogens with one attached hydrogen (secondary N) is 1. The minimum Gasteiger partial charge on any atom is -0.306 e. The summed E-state index contributed by atoms with van der Waals surface area (Å²) in [5.41, 5.74) is 2.95. The number of aromatic nitrogens is 1. The molecular formula is C15H17FN2. The third kappa shape index (κ3) is 2.93. The van der Waals surface area contributed by atoms with Crippen LogP contribution in [-0.2, 0) is 0 Å². The van der Waals surface area contributed by atoms with Gasteiger partial charge in [0, 0.05) is 11.9 Å². The molecule has 0 saturated carbocycles. The van der Waals surface area contributed by atoms with E-state index in [-0.39, 0.29) is 11.9 Å². The molecular weight excluding hydrogens is 227 g/mol. The van der Waals surface area contributed by atoms with E-state index in [0.29, 0.717) is 0 Å². The number of pyridine rings is 1. The molecule has 2 rings (SSSR count). The maximum Gasteiger partial charge on any atom is 0.123 e. The van der Waals surface area contributed by atoms with Gasteiger partial charge >= 0.3 is 0 Å². The van der Waals surface area contributed by atoms with E-state index in [1.165, 1.54) is 6.07 Å². The third-order valence-corrected chi connectivity index (χ3v) is 2.86. The van der Waals surface area contributed by atoms with Gasteiger partial charge in [-0.05, 0) is 42.8 Å². The van der Waals surface area contributed by atoms with Crippen LogP contribution in [0.3, 0.4) is 0 Å². The van der Waals surface area contributed by atoms with Crippen molar-refractivity contribution in [1.29, 1.82) is 0 Å². The summed E-state index contributed by atoms with van der Waals surface area (Å²) in [6.07, 6.45) is 1.84. The standard InChI is InChI=1S/C15H17FN2/c1-3-17-15(12-5-4-6-14(16)9-12)13-8-7-11(2)18-10-13/h4-10,15,17H,3H2,1-2H3. The molecule has 0 saturated heterocycles. The Kier molecular flexibility index (Phi) is 4.05. The summed E-state index contributed by atoms with van der Waals surface area (Å²) in [5.74, 6) is -0.213. The Labute approximate surface area is 107 Å². The summed E-state index contributed by atoms with van der Waals surface area (Å²) in [4.78, 5) is 4.30. The van der Waals surface area contributed by atoms with Crippen LogP contribution in [0.2, 0.25) is 0 Å². The number of hydrogen-bond donors (Lipinski definition) is 1. The second kappa shape index (κ2) is 5.74. The maximum atomic E-state index is 13.3. The van der Waals surface area contributed by atoms with Crippen molar-refractivity contribution in [3.63, 3.8) is 0 Å². The Morgan fingerprint density at radius 3 is 2.67 bits per heavy atom. The van der Waals surface area contributed by atoms with Crippen molar-refractivity contribution >= 4 is 0 Å². The Morgan fingerprint density at radius 2 is 2.06 bits per heavy atom. The molecule has 0 aliphatic rings. The SMILES string of the molecule is CCNC(c1ccc(C)nc1)c1cccc(F)c1. The van der Waals surface area contributed by atoms with Crippen molar-refractivity contribution in [2.24, 2.45) is 0 Å². The normalized spacial score (nSPS) is 12.4. The first kappa shape index (κ1) is 12.7. The molecule has 0 radical (unpaired) electrons. The molecule has 1 atom stereocenters. The smallest absolute Gasteiger partial charge is 0.123 e. The lowest BCUT2D eigenvalue weighted by molar-refractivity contribution is 0.602. The van der Waals surface area contributed by atoms with Crippen molar-refractivity contribution in [3.8, 4) is 0 Å². The second-order valence-corrected chi connectivity index (χ2v) is 4.28. The van der Waals surface area contributed by atoms with Gasteiger partial charge in [-0.15, -0.1) is 0 Å². The topological polar surface area (TPSA) is 24.9 Å². The molecule has 3 heteroatoms. The van der Waals surface area contributed by atoms with E-state index < -0.39 is 0 Å². The van der Waals surface area contributed by atoms with E-state index in [1.54, 1.807) is 12.1 Å². The van der Waals surface area contributed by atoms with Gasteiger partial charge in [0.15, 0.2) is 0 Å². The van der Waals surface area contributed by atoms with Gasteiger partial charge in [0.1, 0.15) is 5.82 Å². The Bertz CT molecular complexity index is 508. The summed E-state index contributed by atoms with van der Waals surface area (Å²) >= 11 is 0. The highest BCUT2D eigenvalue weighted by molar-refractivity contribution is 5.31. The van der Waals surface area contributed by atoms with Crippen LogP contribution in [0.25, 0.3) is 0 Å². The van der Waals surface area contributed by atoms with E-state index in [4.69, 9.17) is 0 Å². The third-order valence-electron chi connectivity index (χ3n) is 2.86. The zero-order valence-electron chi connectivity index (χ0n) is 10.7. The fourth-order valence-electron chi connectivity index (χ4n) is 1.97. The van der Waals surface area contributed by atoms with Gasteiger partial charge in [0.2, 0.25) is 0 Å². The minimum atomic E-state index is -0.213. The summed E-state index contributed by atoms with van der Waals surface area (Å²) < 4.78 is 13.3. The number of rotatable bonds is 4. The van der Waals surface area contributed by atoms with Gasteiger partial charge < -0.3 is 5.32 Å². The first-order chi connectivity index (χ1) is 8.70. The van der Waals surface area contributed by atoms with Crippen molar-refractivity contribution in [3.05, 3.63) is 65.2 Å². The van der Waals surface area contributed by atoms with Crippen LogP contribution >= 0.6 is 0 Å². The molecule has 0 aliphatic heterocycles. The molecule has 0 aliphatic carbocycles. The van der Waals surface area contributed by atoms with Crippen LogP contribution in [0, 0.1) is 12.7 Å². The predicted molar refractivity (Wildman–Crippen MR) is 70.9 cm³/mol.